The maximum Gasteiger partial charge on any atom is 0.0621 e. The molecule has 0 radical (unpaired) electrons. The number of likely N-dealkylation sites (N-methyl/N-ethyl adjacent to an activating group) is 2. The molecule has 0 saturated heterocycles. The molecule has 1 aromatic heterocycles. The molecule has 0 aliphatic rings. The van der Waals surface area contributed by atoms with E-state index in [0.717, 1.165) is 36.6 Å². The fraction of sp³-hybridized carbons (Fsp3) is 0.688. The number of hydrogen-bond donors (Lipinski definition) is 1. The van der Waals surface area contributed by atoms with Crippen molar-refractivity contribution >= 4 is 11.6 Å². The van der Waals surface area contributed by atoms with Crippen molar-refractivity contribution < 1.29 is 0 Å². The van der Waals surface area contributed by atoms with E-state index in [4.69, 9.17) is 11.6 Å². The van der Waals surface area contributed by atoms with Crippen LogP contribution in [0.3, 0.4) is 0 Å². The summed E-state index contributed by atoms with van der Waals surface area (Å²) >= 11 is 6.26. The summed E-state index contributed by atoms with van der Waals surface area (Å²) in [4.78, 5) is 6.56. The lowest BCUT2D eigenvalue weighted by Crippen LogP contribution is -2.58. The molecule has 1 N–H and O–H groups in total. The molecule has 0 spiro atoms. The molecule has 0 bridgehead atoms. The lowest BCUT2D eigenvalue weighted by molar-refractivity contribution is 0.0918. The van der Waals surface area contributed by atoms with Crippen molar-refractivity contribution in [3.05, 3.63) is 29.0 Å². The molecule has 0 aliphatic carbocycles. The van der Waals surface area contributed by atoms with Gasteiger partial charge < -0.3 is 5.32 Å². The van der Waals surface area contributed by atoms with Gasteiger partial charge in [-0.05, 0) is 51.5 Å². The summed E-state index contributed by atoms with van der Waals surface area (Å²) in [5, 5.41) is 4.38. The van der Waals surface area contributed by atoms with Gasteiger partial charge in [0.1, 0.15) is 0 Å². The van der Waals surface area contributed by atoms with Gasteiger partial charge in [-0.1, -0.05) is 32.4 Å². The molecule has 3 nitrogen and oxygen atoms in total. The zero-order valence-electron chi connectivity index (χ0n) is 13.4. The standard InChI is InChI=1S/C16H28ClN3/c1-6-19-15(16(4,5)20(7-2)8-3)11-13-9-10-18-12-14(13)17/h9-10,12,15,19H,6-8,11H2,1-5H3. The highest BCUT2D eigenvalue weighted by Gasteiger charge is 2.33. The van der Waals surface area contributed by atoms with Gasteiger partial charge in [-0.25, -0.2) is 0 Å². The van der Waals surface area contributed by atoms with Gasteiger partial charge in [-0.3, -0.25) is 9.88 Å². The molecule has 1 unspecified atom stereocenters. The van der Waals surface area contributed by atoms with E-state index in [1.54, 1.807) is 6.20 Å². The first kappa shape index (κ1) is 17.4. The quantitative estimate of drug-likeness (QED) is 0.797. The molecule has 1 atom stereocenters. The van der Waals surface area contributed by atoms with Gasteiger partial charge in [0.05, 0.1) is 5.02 Å². The smallest absolute Gasteiger partial charge is 0.0621 e. The summed E-state index contributed by atoms with van der Waals surface area (Å²) in [7, 11) is 0. The van der Waals surface area contributed by atoms with Gasteiger partial charge in [-0.2, -0.15) is 0 Å². The molecule has 114 valence electrons. The predicted molar refractivity (Wildman–Crippen MR) is 87.4 cm³/mol. The monoisotopic (exact) mass is 297 g/mol. The van der Waals surface area contributed by atoms with E-state index in [1.807, 2.05) is 12.3 Å². The fourth-order valence-electron chi connectivity index (χ4n) is 2.87. The van der Waals surface area contributed by atoms with Gasteiger partial charge in [-0.15, -0.1) is 0 Å². The Morgan fingerprint density at radius 3 is 2.45 bits per heavy atom. The van der Waals surface area contributed by atoms with Crippen molar-refractivity contribution in [3.8, 4) is 0 Å². The van der Waals surface area contributed by atoms with Crippen molar-refractivity contribution in [3.63, 3.8) is 0 Å². The van der Waals surface area contributed by atoms with Crippen LogP contribution < -0.4 is 5.32 Å². The second-order valence-electron chi connectivity index (χ2n) is 5.61. The third kappa shape index (κ3) is 4.18. The maximum atomic E-state index is 6.26. The van der Waals surface area contributed by atoms with Crippen LogP contribution in [0, 0.1) is 0 Å². The SMILES string of the molecule is CCNC(Cc1ccncc1Cl)C(C)(C)N(CC)CC. The highest BCUT2D eigenvalue weighted by Crippen LogP contribution is 2.24. The van der Waals surface area contributed by atoms with E-state index in [9.17, 15) is 0 Å². The van der Waals surface area contributed by atoms with E-state index < -0.39 is 0 Å². The minimum absolute atomic E-state index is 0.0755. The maximum absolute atomic E-state index is 6.26. The van der Waals surface area contributed by atoms with Crippen LogP contribution >= 0.6 is 11.6 Å². The first-order valence-corrected chi connectivity index (χ1v) is 7.91. The van der Waals surface area contributed by atoms with Crippen LogP contribution in [-0.2, 0) is 6.42 Å². The Morgan fingerprint density at radius 2 is 1.95 bits per heavy atom. The molecular weight excluding hydrogens is 270 g/mol. The molecular formula is C16H28ClN3. The van der Waals surface area contributed by atoms with Crippen molar-refractivity contribution in [2.24, 2.45) is 0 Å². The molecule has 0 aromatic carbocycles. The topological polar surface area (TPSA) is 28.2 Å². The first-order chi connectivity index (χ1) is 9.47. The lowest BCUT2D eigenvalue weighted by Gasteiger charge is -2.44. The van der Waals surface area contributed by atoms with Crippen molar-refractivity contribution in [2.45, 2.75) is 52.6 Å². The van der Waals surface area contributed by atoms with Crippen LogP contribution in [0.5, 0.6) is 0 Å². The number of nitrogens with one attached hydrogen (secondary N) is 1. The Morgan fingerprint density at radius 1 is 1.30 bits per heavy atom. The van der Waals surface area contributed by atoms with Gasteiger partial charge in [0.15, 0.2) is 0 Å². The van der Waals surface area contributed by atoms with Crippen LogP contribution in [-0.4, -0.2) is 41.1 Å². The normalized spacial score (nSPS) is 13.8. The van der Waals surface area contributed by atoms with Crippen molar-refractivity contribution in [2.75, 3.05) is 19.6 Å². The third-order valence-electron chi connectivity index (χ3n) is 4.16. The molecule has 4 heteroatoms. The lowest BCUT2D eigenvalue weighted by atomic mass is 9.87. The van der Waals surface area contributed by atoms with E-state index >= 15 is 0 Å². The molecule has 0 aliphatic heterocycles. The molecule has 0 fully saturated rings. The second kappa shape index (κ2) is 7.96. The minimum atomic E-state index is 0.0755. The number of nitrogens with zero attached hydrogens (tertiary/aromatic N) is 2. The molecule has 0 amide bonds. The Bertz CT molecular complexity index is 402. The number of halogens is 1. The molecule has 1 heterocycles. The largest absolute Gasteiger partial charge is 0.312 e. The average Bonchev–Trinajstić information content (AvgIpc) is 2.41. The van der Waals surface area contributed by atoms with Crippen LogP contribution in [0.2, 0.25) is 5.02 Å². The predicted octanol–water partition coefficient (Wildman–Crippen LogP) is 3.38. The molecule has 1 rings (SSSR count). The first-order valence-electron chi connectivity index (χ1n) is 7.54. The van der Waals surface area contributed by atoms with Crippen LogP contribution in [0.1, 0.15) is 40.2 Å². The van der Waals surface area contributed by atoms with E-state index in [2.05, 4.69) is 49.8 Å². The zero-order valence-corrected chi connectivity index (χ0v) is 14.2. The molecule has 0 saturated carbocycles. The van der Waals surface area contributed by atoms with E-state index in [1.165, 1.54) is 0 Å². The summed E-state index contributed by atoms with van der Waals surface area (Å²) in [6.45, 7) is 14.3. The van der Waals surface area contributed by atoms with Crippen LogP contribution in [0.25, 0.3) is 0 Å². The Kier molecular flexibility index (Phi) is 6.93. The molecule has 1 aromatic rings. The Balaban J connectivity index is 2.96. The van der Waals surface area contributed by atoms with E-state index in [-0.39, 0.29) is 5.54 Å². The van der Waals surface area contributed by atoms with Gasteiger partial charge >= 0.3 is 0 Å². The molecule has 20 heavy (non-hydrogen) atoms. The van der Waals surface area contributed by atoms with Gasteiger partial charge in [0.2, 0.25) is 0 Å². The third-order valence-corrected chi connectivity index (χ3v) is 4.50. The number of rotatable bonds is 8. The van der Waals surface area contributed by atoms with Crippen molar-refractivity contribution in [1.82, 2.24) is 15.2 Å². The van der Waals surface area contributed by atoms with E-state index in [0.29, 0.717) is 6.04 Å². The zero-order chi connectivity index (χ0) is 15.2. The number of aromatic nitrogens is 1. The van der Waals surface area contributed by atoms with Gasteiger partial charge in [0, 0.05) is 24.0 Å². The fourth-order valence-corrected chi connectivity index (χ4v) is 3.06. The van der Waals surface area contributed by atoms with Gasteiger partial charge in [0.25, 0.3) is 0 Å². The summed E-state index contributed by atoms with van der Waals surface area (Å²) in [6.07, 6.45) is 4.46. The van der Waals surface area contributed by atoms with Crippen molar-refractivity contribution in [1.29, 1.82) is 0 Å². The number of pyridine rings is 1. The average molecular weight is 298 g/mol. The highest BCUT2D eigenvalue weighted by atomic mass is 35.5. The van der Waals surface area contributed by atoms with Crippen LogP contribution in [0.15, 0.2) is 18.5 Å². The number of hydrogen-bond acceptors (Lipinski definition) is 3. The minimum Gasteiger partial charge on any atom is -0.312 e. The summed E-state index contributed by atoms with van der Waals surface area (Å²) in [6, 6.07) is 2.37. The Hall–Kier alpha value is -0.640. The summed E-state index contributed by atoms with van der Waals surface area (Å²) in [5.41, 5.74) is 1.24. The highest BCUT2D eigenvalue weighted by molar-refractivity contribution is 6.31. The summed E-state index contributed by atoms with van der Waals surface area (Å²) in [5.74, 6) is 0. The summed E-state index contributed by atoms with van der Waals surface area (Å²) < 4.78 is 0. The van der Waals surface area contributed by atoms with Crippen LogP contribution in [0.4, 0.5) is 0 Å². The Labute approximate surface area is 128 Å². The second-order valence-corrected chi connectivity index (χ2v) is 6.01.